The number of halogens is 3. The molecule has 0 bridgehead atoms. The lowest BCUT2D eigenvalue weighted by Crippen LogP contribution is -2.56. The highest BCUT2D eigenvalue weighted by Crippen LogP contribution is 2.46. The van der Waals surface area contributed by atoms with Gasteiger partial charge in [-0.05, 0) is 31.2 Å². The summed E-state index contributed by atoms with van der Waals surface area (Å²) in [6.45, 7) is -0.718. The second kappa shape index (κ2) is 9.40. The van der Waals surface area contributed by atoms with Gasteiger partial charge in [-0.15, -0.1) is 0 Å². The van der Waals surface area contributed by atoms with Gasteiger partial charge >= 0.3 is 12.1 Å². The summed E-state index contributed by atoms with van der Waals surface area (Å²) >= 11 is 0. The van der Waals surface area contributed by atoms with Crippen LogP contribution < -0.4 is 0 Å². The van der Waals surface area contributed by atoms with Gasteiger partial charge in [0.15, 0.2) is 0 Å². The van der Waals surface area contributed by atoms with E-state index in [4.69, 9.17) is 9.47 Å². The quantitative estimate of drug-likeness (QED) is 0.642. The Bertz CT molecular complexity index is 850. The summed E-state index contributed by atoms with van der Waals surface area (Å²) in [5, 5.41) is 10.3. The van der Waals surface area contributed by atoms with Crippen molar-refractivity contribution >= 4 is 5.97 Å². The van der Waals surface area contributed by atoms with E-state index in [-0.39, 0.29) is 6.42 Å². The Morgan fingerprint density at radius 1 is 0.935 bits per heavy atom. The highest BCUT2D eigenvalue weighted by Gasteiger charge is 2.65. The molecular weight excluding hydrogens is 409 g/mol. The van der Waals surface area contributed by atoms with Gasteiger partial charge in [-0.1, -0.05) is 60.7 Å². The molecule has 31 heavy (non-hydrogen) atoms. The molecule has 2 aromatic rings. The number of esters is 1. The Kier molecular flexibility index (Phi) is 7.06. The molecule has 1 aliphatic rings. The van der Waals surface area contributed by atoms with Gasteiger partial charge in [0.25, 0.3) is 5.60 Å². The van der Waals surface area contributed by atoms with E-state index in [0.717, 1.165) is 19.2 Å². The van der Waals surface area contributed by atoms with Crippen molar-refractivity contribution in [3.8, 4) is 0 Å². The molecule has 163 valence electrons. The minimum atomic E-state index is -5.11. The topological polar surface area (TPSA) is 55.8 Å². The number of ether oxygens (including phenoxy) is 2. The van der Waals surface area contributed by atoms with Gasteiger partial charge in [-0.25, -0.2) is 4.79 Å². The summed E-state index contributed by atoms with van der Waals surface area (Å²) < 4.78 is 53.2. The van der Waals surface area contributed by atoms with Crippen molar-refractivity contribution in [3.05, 3.63) is 103 Å². The molecule has 0 aromatic heterocycles. The third-order valence-electron chi connectivity index (χ3n) is 5.24. The number of aliphatic hydroxyl groups is 1. The predicted octanol–water partition coefficient (Wildman–Crippen LogP) is 4.01. The molecule has 1 N–H and O–H groups in total. The van der Waals surface area contributed by atoms with Gasteiger partial charge in [-0.3, -0.25) is 0 Å². The molecule has 1 fully saturated rings. The van der Waals surface area contributed by atoms with E-state index in [1.165, 1.54) is 18.2 Å². The first kappa shape index (κ1) is 23.3. The molecule has 7 heteroatoms. The van der Waals surface area contributed by atoms with Crippen LogP contribution in [0.25, 0.3) is 0 Å². The van der Waals surface area contributed by atoms with Gasteiger partial charge in [0.1, 0.15) is 5.60 Å². The van der Waals surface area contributed by atoms with Crippen LogP contribution in [0.3, 0.4) is 0 Å². The van der Waals surface area contributed by atoms with Gasteiger partial charge in [-0.2, -0.15) is 13.2 Å². The van der Waals surface area contributed by atoms with Crippen LogP contribution in [0.1, 0.15) is 11.1 Å². The zero-order chi connectivity index (χ0) is 22.5. The maximum absolute atomic E-state index is 14.3. The van der Waals surface area contributed by atoms with Crippen molar-refractivity contribution in [2.75, 3.05) is 13.7 Å². The standard InChI is InChI=1S/C24H22F3O4/c1-30-23(24(25,26)27,20-14-6-3-7-15-20)21(29)31-22(17-28,19-12-8-9-13-19)16-18-10-4-2-5-11-18/h2-15,28H,16-17H2,1H3/t22-,23-/m0/s1. The van der Waals surface area contributed by atoms with Crippen LogP contribution in [0.5, 0.6) is 0 Å². The van der Waals surface area contributed by atoms with Crippen LogP contribution >= 0.6 is 0 Å². The summed E-state index contributed by atoms with van der Waals surface area (Å²) in [4.78, 5) is 13.2. The summed E-state index contributed by atoms with van der Waals surface area (Å²) in [7, 11) is 0.808. The fourth-order valence-electron chi connectivity index (χ4n) is 3.62. The largest absolute Gasteiger partial charge is 0.453 e. The molecule has 1 saturated carbocycles. The molecule has 1 aliphatic carbocycles. The van der Waals surface area contributed by atoms with Crippen LogP contribution in [-0.4, -0.2) is 36.6 Å². The van der Waals surface area contributed by atoms with Crippen molar-refractivity contribution in [1.29, 1.82) is 0 Å². The molecular formula is C24H22F3O4. The Morgan fingerprint density at radius 2 is 1.48 bits per heavy atom. The van der Waals surface area contributed by atoms with E-state index in [0.29, 0.717) is 11.5 Å². The van der Waals surface area contributed by atoms with Crippen molar-refractivity contribution in [2.24, 2.45) is 0 Å². The first-order valence-electron chi connectivity index (χ1n) is 9.57. The van der Waals surface area contributed by atoms with Gasteiger partial charge in [0.2, 0.25) is 0 Å². The van der Waals surface area contributed by atoms with Gasteiger partial charge in [0.05, 0.1) is 6.61 Å². The lowest BCUT2D eigenvalue weighted by molar-refractivity contribution is -0.281. The first-order chi connectivity index (χ1) is 14.8. The average Bonchev–Trinajstić information content (AvgIpc) is 3.30. The Morgan fingerprint density at radius 3 is 1.97 bits per heavy atom. The monoisotopic (exact) mass is 431 g/mol. The molecule has 0 saturated heterocycles. The number of alkyl halides is 3. The number of benzene rings is 2. The highest BCUT2D eigenvalue weighted by molar-refractivity contribution is 5.83. The number of hydrogen-bond acceptors (Lipinski definition) is 4. The molecule has 0 aliphatic heterocycles. The van der Waals surface area contributed by atoms with E-state index >= 15 is 0 Å². The fraction of sp³-hybridized carbons (Fsp3) is 0.250. The summed E-state index contributed by atoms with van der Waals surface area (Å²) in [6, 6.07) is 15.4. The number of methoxy groups -OCH3 is 1. The third kappa shape index (κ3) is 4.48. The van der Waals surface area contributed by atoms with Crippen LogP contribution in [0, 0.1) is 31.6 Å². The van der Waals surface area contributed by atoms with Crippen LogP contribution in [-0.2, 0) is 26.3 Å². The molecule has 0 heterocycles. The molecule has 3 rings (SSSR count). The van der Waals surface area contributed by atoms with E-state index in [2.05, 4.69) is 0 Å². The predicted molar refractivity (Wildman–Crippen MR) is 108 cm³/mol. The second-order valence-electron chi connectivity index (χ2n) is 7.13. The summed E-state index contributed by atoms with van der Waals surface area (Å²) in [5.41, 5.74) is -4.81. The summed E-state index contributed by atoms with van der Waals surface area (Å²) in [5.74, 6) is -1.27. The number of aliphatic hydroxyl groups excluding tert-OH is 1. The van der Waals surface area contributed by atoms with E-state index in [1.807, 2.05) is 0 Å². The summed E-state index contributed by atoms with van der Waals surface area (Å²) in [6.07, 6.45) is 1.37. The Labute approximate surface area is 180 Å². The van der Waals surface area contributed by atoms with Gasteiger partial charge in [0, 0.05) is 25.0 Å². The van der Waals surface area contributed by atoms with Crippen molar-refractivity contribution in [2.45, 2.75) is 23.8 Å². The maximum atomic E-state index is 14.3. The maximum Gasteiger partial charge on any atom is 0.432 e. The number of carbonyl (C=O) groups is 1. The molecule has 0 spiro atoms. The van der Waals surface area contributed by atoms with E-state index in [1.54, 1.807) is 56.0 Å². The van der Waals surface area contributed by atoms with Crippen LogP contribution in [0.4, 0.5) is 13.2 Å². The molecule has 2 atom stereocenters. The molecule has 0 unspecified atom stereocenters. The van der Waals surface area contributed by atoms with E-state index < -0.39 is 35.5 Å². The van der Waals surface area contributed by atoms with E-state index in [9.17, 15) is 23.1 Å². The Hall–Kier alpha value is -2.38. The minimum absolute atomic E-state index is 0.0213. The van der Waals surface area contributed by atoms with Crippen LogP contribution in [0.2, 0.25) is 0 Å². The first-order valence-corrected chi connectivity index (χ1v) is 9.57. The number of hydrogen-bond donors (Lipinski definition) is 1. The Balaban J connectivity index is 2.05. The number of rotatable bonds is 8. The van der Waals surface area contributed by atoms with Gasteiger partial charge < -0.3 is 14.6 Å². The van der Waals surface area contributed by atoms with Crippen molar-refractivity contribution < 1.29 is 32.5 Å². The minimum Gasteiger partial charge on any atom is -0.453 e. The van der Waals surface area contributed by atoms with Crippen molar-refractivity contribution in [3.63, 3.8) is 0 Å². The third-order valence-corrected chi connectivity index (χ3v) is 5.24. The zero-order valence-corrected chi connectivity index (χ0v) is 16.8. The number of carbonyl (C=O) groups excluding carboxylic acids is 1. The lowest BCUT2D eigenvalue weighted by atomic mass is 9.80. The zero-order valence-electron chi connectivity index (χ0n) is 16.8. The molecule has 4 nitrogen and oxygen atoms in total. The fourth-order valence-corrected chi connectivity index (χ4v) is 3.62. The molecule has 2 aromatic carbocycles. The lowest BCUT2D eigenvalue weighted by Gasteiger charge is -2.41. The van der Waals surface area contributed by atoms with Crippen LogP contribution in [0.15, 0.2) is 60.7 Å². The van der Waals surface area contributed by atoms with Crippen molar-refractivity contribution in [1.82, 2.24) is 0 Å². The smallest absolute Gasteiger partial charge is 0.432 e. The SMILES string of the molecule is CO[C@](C(=O)O[C@](CO)(Cc1ccccc1)[C]1[CH][CH][CH][CH]1)(c1ccccc1)C(F)(F)F. The molecule has 5 radical (unpaired) electrons. The second-order valence-corrected chi connectivity index (χ2v) is 7.13. The highest BCUT2D eigenvalue weighted by atomic mass is 19.4. The normalized spacial score (nSPS) is 18.9. The molecule has 0 amide bonds. The average molecular weight is 431 g/mol.